The van der Waals surface area contributed by atoms with Crippen molar-refractivity contribution in [1.29, 1.82) is 0 Å². The second kappa shape index (κ2) is 5.76. The van der Waals surface area contributed by atoms with Crippen LogP contribution in [0.3, 0.4) is 0 Å². The largest absolute Gasteiger partial charge is 0.489 e. The summed E-state index contributed by atoms with van der Waals surface area (Å²) in [5.41, 5.74) is 2.94. The molecular weight excluding hydrogens is 323 g/mol. The summed E-state index contributed by atoms with van der Waals surface area (Å²) in [6, 6.07) is 1.61. The fraction of sp³-hybridized carbons (Fsp3) is 0.500. The first-order valence-corrected chi connectivity index (χ1v) is 7.89. The molecule has 1 amide bonds. The molecule has 3 rings (SSSR count). The van der Waals surface area contributed by atoms with E-state index in [1.54, 1.807) is 13.0 Å². The number of carbonyl (C=O) groups excluding carboxylic acids is 1. The van der Waals surface area contributed by atoms with Crippen molar-refractivity contribution in [3.8, 4) is 5.75 Å². The molecule has 2 aliphatic rings. The van der Waals surface area contributed by atoms with E-state index in [1.807, 2.05) is 6.92 Å². The molecule has 0 aromatic heterocycles. The van der Waals surface area contributed by atoms with Crippen LogP contribution in [0.4, 0.5) is 4.39 Å². The summed E-state index contributed by atoms with van der Waals surface area (Å²) in [6.45, 7) is 3.67. The van der Waals surface area contributed by atoms with Gasteiger partial charge in [0.25, 0.3) is 0 Å². The van der Waals surface area contributed by atoms with Crippen molar-refractivity contribution >= 4 is 23.2 Å². The summed E-state index contributed by atoms with van der Waals surface area (Å²) in [6.07, 6.45) is 1.61. The highest BCUT2D eigenvalue weighted by atomic mass is 35.5. The van der Waals surface area contributed by atoms with Crippen molar-refractivity contribution in [2.75, 3.05) is 6.61 Å². The number of aryl methyl sites for hydroxylation is 1. The first kappa shape index (κ1) is 16.2. The summed E-state index contributed by atoms with van der Waals surface area (Å²) in [4.78, 5) is 11.3. The van der Waals surface area contributed by atoms with Crippen LogP contribution >= 0.6 is 11.6 Å². The molecule has 1 aliphatic heterocycles. The topological polar surface area (TPSA) is 70.9 Å². The summed E-state index contributed by atoms with van der Waals surface area (Å²) in [5, 5.41) is 13.7. The van der Waals surface area contributed by atoms with E-state index in [2.05, 4.69) is 10.5 Å². The van der Waals surface area contributed by atoms with Gasteiger partial charge in [0, 0.05) is 17.9 Å². The normalized spacial score (nSPS) is 22.4. The SMILES string of the molecule is Cc1cc(C2=NNC(=O)CC2C)c(F)c(Cl)c1OCC1(O)CC1. The Bertz CT molecular complexity index is 701. The third kappa shape index (κ3) is 3.19. The van der Waals surface area contributed by atoms with E-state index in [-0.39, 0.29) is 41.2 Å². The Morgan fingerprint density at radius 1 is 1.57 bits per heavy atom. The number of rotatable bonds is 4. The smallest absolute Gasteiger partial charge is 0.240 e. The zero-order chi connectivity index (χ0) is 16.8. The van der Waals surface area contributed by atoms with Crippen LogP contribution in [0.2, 0.25) is 5.02 Å². The minimum Gasteiger partial charge on any atom is -0.489 e. The Morgan fingerprint density at radius 3 is 2.87 bits per heavy atom. The number of aliphatic hydroxyl groups is 1. The number of nitrogens with one attached hydrogen (secondary N) is 1. The van der Waals surface area contributed by atoms with Crippen LogP contribution in [-0.2, 0) is 4.79 Å². The molecule has 1 fully saturated rings. The molecule has 124 valence electrons. The van der Waals surface area contributed by atoms with Gasteiger partial charge in [0.2, 0.25) is 5.91 Å². The Kier molecular flexibility index (Phi) is 4.06. The number of benzene rings is 1. The number of hydrazone groups is 1. The van der Waals surface area contributed by atoms with Crippen molar-refractivity contribution in [3.05, 3.63) is 28.0 Å². The second-order valence-electron chi connectivity index (χ2n) is 6.35. The highest BCUT2D eigenvalue weighted by Gasteiger charge is 2.41. The van der Waals surface area contributed by atoms with E-state index < -0.39 is 11.4 Å². The predicted octanol–water partition coefficient (Wildman–Crippen LogP) is 2.55. The lowest BCUT2D eigenvalue weighted by Crippen LogP contribution is -2.32. The van der Waals surface area contributed by atoms with E-state index in [9.17, 15) is 14.3 Å². The number of nitrogens with zero attached hydrogens (tertiary/aromatic N) is 1. The summed E-state index contributed by atoms with van der Waals surface area (Å²) in [7, 11) is 0. The summed E-state index contributed by atoms with van der Waals surface area (Å²) < 4.78 is 20.2. The average molecular weight is 341 g/mol. The van der Waals surface area contributed by atoms with Gasteiger partial charge < -0.3 is 9.84 Å². The van der Waals surface area contributed by atoms with Gasteiger partial charge in [-0.3, -0.25) is 4.79 Å². The minimum atomic E-state index is -0.808. The fourth-order valence-corrected chi connectivity index (χ4v) is 2.88. The monoisotopic (exact) mass is 340 g/mol. The number of hydrogen-bond acceptors (Lipinski definition) is 4. The van der Waals surface area contributed by atoms with Crippen molar-refractivity contribution in [2.24, 2.45) is 11.0 Å². The van der Waals surface area contributed by atoms with E-state index >= 15 is 0 Å². The second-order valence-corrected chi connectivity index (χ2v) is 6.73. The van der Waals surface area contributed by atoms with Gasteiger partial charge in [-0.15, -0.1) is 0 Å². The molecule has 1 aromatic carbocycles. The van der Waals surface area contributed by atoms with Gasteiger partial charge in [-0.25, -0.2) is 9.82 Å². The van der Waals surface area contributed by atoms with Gasteiger partial charge in [0.15, 0.2) is 5.82 Å². The maximum atomic E-state index is 14.7. The molecule has 23 heavy (non-hydrogen) atoms. The van der Waals surface area contributed by atoms with Gasteiger partial charge in [-0.05, 0) is 31.4 Å². The van der Waals surface area contributed by atoms with Crippen molar-refractivity contribution < 1.29 is 19.0 Å². The Morgan fingerprint density at radius 2 is 2.26 bits per heavy atom. The predicted molar refractivity (Wildman–Crippen MR) is 84.3 cm³/mol. The van der Waals surface area contributed by atoms with Gasteiger partial charge >= 0.3 is 0 Å². The van der Waals surface area contributed by atoms with Crippen LogP contribution in [0.15, 0.2) is 11.2 Å². The third-order valence-electron chi connectivity index (χ3n) is 4.20. The van der Waals surface area contributed by atoms with Crippen LogP contribution in [0.5, 0.6) is 5.75 Å². The van der Waals surface area contributed by atoms with E-state index in [0.29, 0.717) is 24.1 Å². The zero-order valence-corrected chi connectivity index (χ0v) is 13.7. The Labute approximate surface area is 138 Å². The number of carbonyl (C=O) groups is 1. The van der Waals surface area contributed by atoms with Gasteiger partial charge in [0.05, 0.1) is 11.3 Å². The van der Waals surface area contributed by atoms with E-state index in [1.165, 1.54) is 0 Å². The molecule has 0 saturated heterocycles. The molecule has 7 heteroatoms. The third-order valence-corrected chi connectivity index (χ3v) is 4.53. The van der Waals surface area contributed by atoms with Gasteiger partial charge in [-0.1, -0.05) is 18.5 Å². The maximum absolute atomic E-state index is 14.7. The number of amides is 1. The molecule has 5 nitrogen and oxygen atoms in total. The maximum Gasteiger partial charge on any atom is 0.240 e. The quantitative estimate of drug-likeness (QED) is 0.885. The van der Waals surface area contributed by atoms with Crippen LogP contribution in [0, 0.1) is 18.7 Å². The molecule has 1 aliphatic carbocycles. The van der Waals surface area contributed by atoms with Gasteiger partial charge in [-0.2, -0.15) is 5.10 Å². The molecule has 0 spiro atoms. The standard InChI is InChI=1S/C16H18ClFN2O3/c1-8-6-11(21)19-20-14(8)10-5-9(2)15(12(17)13(10)18)23-7-16(22)3-4-16/h5,8,22H,3-4,6-7H2,1-2H3,(H,19,21). The molecular formula is C16H18ClFN2O3. The highest BCUT2D eigenvalue weighted by Crippen LogP contribution is 2.39. The van der Waals surface area contributed by atoms with Crippen molar-refractivity contribution in [2.45, 2.75) is 38.7 Å². The molecule has 1 heterocycles. The Balaban J connectivity index is 1.92. The number of hydrogen-bond donors (Lipinski definition) is 2. The molecule has 0 bridgehead atoms. The van der Waals surface area contributed by atoms with Crippen molar-refractivity contribution in [1.82, 2.24) is 5.43 Å². The molecule has 0 radical (unpaired) electrons. The average Bonchev–Trinajstić information content (AvgIpc) is 3.21. The molecule has 1 aromatic rings. The molecule has 2 N–H and O–H groups in total. The first-order chi connectivity index (χ1) is 10.8. The van der Waals surface area contributed by atoms with E-state index in [0.717, 1.165) is 0 Å². The molecule has 1 atom stereocenters. The zero-order valence-electron chi connectivity index (χ0n) is 12.9. The summed E-state index contributed by atoms with van der Waals surface area (Å²) >= 11 is 6.12. The number of halogens is 2. The van der Waals surface area contributed by atoms with Crippen LogP contribution in [0.25, 0.3) is 0 Å². The van der Waals surface area contributed by atoms with E-state index in [4.69, 9.17) is 16.3 Å². The van der Waals surface area contributed by atoms with Crippen molar-refractivity contribution in [3.63, 3.8) is 0 Å². The molecule has 1 saturated carbocycles. The van der Waals surface area contributed by atoms with Crippen LogP contribution in [0.1, 0.15) is 37.3 Å². The fourth-order valence-electron chi connectivity index (χ4n) is 2.57. The minimum absolute atomic E-state index is 0.0970. The lowest BCUT2D eigenvalue weighted by atomic mass is 9.92. The van der Waals surface area contributed by atoms with Crippen LogP contribution in [-0.4, -0.2) is 28.9 Å². The van der Waals surface area contributed by atoms with Crippen LogP contribution < -0.4 is 10.2 Å². The lowest BCUT2D eigenvalue weighted by molar-refractivity contribution is -0.121. The first-order valence-electron chi connectivity index (χ1n) is 7.51. The summed E-state index contributed by atoms with van der Waals surface area (Å²) in [5.74, 6) is -0.784. The molecule has 1 unspecified atom stereocenters. The van der Waals surface area contributed by atoms with Gasteiger partial charge in [0.1, 0.15) is 17.4 Å². The Hall–Kier alpha value is -1.66. The lowest BCUT2D eigenvalue weighted by Gasteiger charge is -2.21. The number of ether oxygens (including phenoxy) is 1. The highest BCUT2D eigenvalue weighted by molar-refractivity contribution is 6.33.